The Balaban J connectivity index is 2.38. The van der Waals surface area contributed by atoms with Crippen molar-refractivity contribution in [1.29, 1.82) is 0 Å². The summed E-state index contributed by atoms with van der Waals surface area (Å²) in [6.07, 6.45) is 3.59. The standard InChI is InChI=1S/C13H17N3O/c1-16(7-8-17-2)12-4-3-10-9-15-6-5-11(10)13(12)14/h3-6,9H,7-8,14H2,1-2H3. The molecule has 2 rings (SSSR count). The van der Waals surface area contributed by atoms with E-state index in [1.54, 1.807) is 13.3 Å². The minimum absolute atomic E-state index is 0.685. The third-order valence-electron chi connectivity index (χ3n) is 2.88. The summed E-state index contributed by atoms with van der Waals surface area (Å²) >= 11 is 0. The highest BCUT2D eigenvalue weighted by Gasteiger charge is 2.08. The third kappa shape index (κ3) is 2.31. The summed E-state index contributed by atoms with van der Waals surface area (Å²) in [6.45, 7) is 1.50. The fraction of sp³-hybridized carbons (Fsp3) is 0.308. The zero-order valence-corrected chi connectivity index (χ0v) is 10.2. The molecule has 1 aromatic heterocycles. The van der Waals surface area contributed by atoms with E-state index in [1.807, 2.05) is 31.4 Å². The second-order valence-corrected chi connectivity index (χ2v) is 4.01. The van der Waals surface area contributed by atoms with Crippen LogP contribution < -0.4 is 10.6 Å². The van der Waals surface area contributed by atoms with Gasteiger partial charge in [0.1, 0.15) is 0 Å². The summed E-state index contributed by atoms with van der Waals surface area (Å²) in [5.74, 6) is 0. The lowest BCUT2D eigenvalue weighted by atomic mass is 10.1. The number of likely N-dealkylation sites (N-methyl/N-ethyl adjacent to an activating group) is 1. The van der Waals surface area contributed by atoms with Gasteiger partial charge in [-0.25, -0.2) is 0 Å². The Morgan fingerprint density at radius 1 is 1.35 bits per heavy atom. The van der Waals surface area contributed by atoms with Gasteiger partial charge in [0.15, 0.2) is 0 Å². The third-order valence-corrected chi connectivity index (χ3v) is 2.88. The molecule has 0 aliphatic heterocycles. The summed E-state index contributed by atoms with van der Waals surface area (Å²) in [6, 6.07) is 6.00. The summed E-state index contributed by atoms with van der Waals surface area (Å²) in [5, 5.41) is 2.11. The van der Waals surface area contributed by atoms with Crippen molar-refractivity contribution >= 4 is 22.1 Å². The lowest BCUT2D eigenvalue weighted by Gasteiger charge is -2.21. The maximum Gasteiger partial charge on any atom is 0.0637 e. The van der Waals surface area contributed by atoms with Crippen LogP contribution in [0.2, 0.25) is 0 Å². The van der Waals surface area contributed by atoms with Crippen LogP contribution in [0.5, 0.6) is 0 Å². The molecule has 0 aliphatic rings. The Hall–Kier alpha value is -1.81. The van der Waals surface area contributed by atoms with Crippen molar-refractivity contribution in [3.05, 3.63) is 30.6 Å². The number of anilines is 2. The smallest absolute Gasteiger partial charge is 0.0637 e. The Morgan fingerprint density at radius 2 is 2.18 bits per heavy atom. The highest BCUT2D eigenvalue weighted by atomic mass is 16.5. The zero-order chi connectivity index (χ0) is 12.3. The second kappa shape index (κ2) is 5.01. The molecule has 0 aliphatic carbocycles. The quantitative estimate of drug-likeness (QED) is 0.816. The zero-order valence-electron chi connectivity index (χ0n) is 10.2. The van der Waals surface area contributed by atoms with Gasteiger partial charge in [-0.2, -0.15) is 0 Å². The maximum atomic E-state index is 6.18. The fourth-order valence-corrected chi connectivity index (χ4v) is 1.86. The first-order chi connectivity index (χ1) is 8.24. The fourth-order valence-electron chi connectivity index (χ4n) is 1.86. The van der Waals surface area contributed by atoms with E-state index in [9.17, 15) is 0 Å². The number of rotatable bonds is 4. The number of ether oxygens (including phenoxy) is 1. The van der Waals surface area contributed by atoms with Crippen LogP contribution in [0.1, 0.15) is 0 Å². The molecule has 2 N–H and O–H groups in total. The first-order valence-corrected chi connectivity index (χ1v) is 5.56. The van der Waals surface area contributed by atoms with Crippen molar-refractivity contribution < 1.29 is 4.74 Å². The molecule has 4 nitrogen and oxygen atoms in total. The average Bonchev–Trinajstić information content (AvgIpc) is 2.37. The molecular weight excluding hydrogens is 214 g/mol. The predicted octanol–water partition coefficient (Wildman–Crippen LogP) is 1.90. The lowest BCUT2D eigenvalue weighted by molar-refractivity contribution is 0.206. The van der Waals surface area contributed by atoms with Gasteiger partial charge in [0.25, 0.3) is 0 Å². The molecule has 0 atom stereocenters. The first-order valence-electron chi connectivity index (χ1n) is 5.56. The molecule has 90 valence electrons. The van der Waals surface area contributed by atoms with Crippen molar-refractivity contribution in [1.82, 2.24) is 4.98 Å². The summed E-state index contributed by atoms with van der Waals surface area (Å²) in [4.78, 5) is 6.18. The minimum atomic E-state index is 0.685. The molecule has 17 heavy (non-hydrogen) atoms. The predicted molar refractivity (Wildman–Crippen MR) is 71.3 cm³/mol. The molecule has 4 heteroatoms. The van der Waals surface area contributed by atoms with Crippen LogP contribution in [0.3, 0.4) is 0 Å². The number of pyridine rings is 1. The van der Waals surface area contributed by atoms with Crippen molar-refractivity contribution in [3.8, 4) is 0 Å². The molecule has 1 aromatic carbocycles. The number of nitrogens with zero attached hydrogens (tertiary/aromatic N) is 2. The van der Waals surface area contributed by atoms with Gasteiger partial charge in [0, 0.05) is 43.9 Å². The SMILES string of the molecule is COCCN(C)c1ccc2cnccc2c1N. The number of nitrogen functional groups attached to an aromatic ring is 1. The van der Waals surface area contributed by atoms with Crippen LogP contribution >= 0.6 is 0 Å². The van der Waals surface area contributed by atoms with Crippen LogP contribution in [0.25, 0.3) is 10.8 Å². The van der Waals surface area contributed by atoms with Crippen LogP contribution in [-0.4, -0.2) is 32.3 Å². The van der Waals surface area contributed by atoms with E-state index in [0.717, 1.165) is 28.7 Å². The van der Waals surface area contributed by atoms with Crippen LogP contribution in [0, 0.1) is 0 Å². The van der Waals surface area contributed by atoms with Gasteiger partial charge in [0.2, 0.25) is 0 Å². The normalized spacial score (nSPS) is 10.7. The molecular formula is C13H17N3O. The lowest BCUT2D eigenvalue weighted by Crippen LogP contribution is -2.23. The average molecular weight is 231 g/mol. The summed E-state index contributed by atoms with van der Waals surface area (Å²) in [5.41, 5.74) is 8.00. The molecule has 0 amide bonds. The second-order valence-electron chi connectivity index (χ2n) is 4.01. The van der Waals surface area contributed by atoms with E-state index in [0.29, 0.717) is 6.61 Å². The topological polar surface area (TPSA) is 51.4 Å². The Kier molecular flexibility index (Phi) is 3.44. The molecule has 0 spiro atoms. The molecule has 0 saturated carbocycles. The number of benzene rings is 1. The van der Waals surface area contributed by atoms with Crippen molar-refractivity contribution in [2.24, 2.45) is 0 Å². The molecule has 0 unspecified atom stereocenters. The van der Waals surface area contributed by atoms with Gasteiger partial charge < -0.3 is 15.4 Å². The van der Waals surface area contributed by atoms with E-state index in [1.165, 1.54) is 0 Å². The van der Waals surface area contributed by atoms with Gasteiger partial charge in [0.05, 0.1) is 18.0 Å². The number of hydrogen-bond donors (Lipinski definition) is 1. The number of nitrogens with two attached hydrogens (primary N) is 1. The monoisotopic (exact) mass is 231 g/mol. The van der Waals surface area contributed by atoms with E-state index in [4.69, 9.17) is 10.5 Å². The first kappa shape index (κ1) is 11.7. The van der Waals surface area contributed by atoms with Gasteiger partial charge in [-0.3, -0.25) is 4.98 Å². The van der Waals surface area contributed by atoms with Crippen molar-refractivity contribution in [2.75, 3.05) is 37.9 Å². The minimum Gasteiger partial charge on any atom is -0.397 e. The van der Waals surface area contributed by atoms with Gasteiger partial charge in [-0.05, 0) is 12.1 Å². The molecule has 0 radical (unpaired) electrons. The van der Waals surface area contributed by atoms with E-state index in [-0.39, 0.29) is 0 Å². The molecule has 2 aromatic rings. The maximum absolute atomic E-state index is 6.18. The summed E-state index contributed by atoms with van der Waals surface area (Å²) < 4.78 is 5.07. The van der Waals surface area contributed by atoms with Crippen LogP contribution in [0.4, 0.5) is 11.4 Å². The van der Waals surface area contributed by atoms with Gasteiger partial charge >= 0.3 is 0 Å². The van der Waals surface area contributed by atoms with Crippen molar-refractivity contribution in [3.63, 3.8) is 0 Å². The Labute approximate surface area is 101 Å². The van der Waals surface area contributed by atoms with Crippen molar-refractivity contribution in [2.45, 2.75) is 0 Å². The Morgan fingerprint density at radius 3 is 2.94 bits per heavy atom. The number of aromatic nitrogens is 1. The van der Waals surface area contributed by atoms with Crippen LogP contribution in [0.15, 0.2) is 30.6 Å². The van der Waals surface area contributed by atoms with Gasteiger partial charge in [-0.15, -0.1) is 0 Å². The highest BCUT2D eigenvalue weighted by Crippen LogP contribution is 2.30. The molecule has 1 heterocycles. The number of fused-ring (bicyclic) bond motifs is 1. The van der Waals surface area contributed by atoms with E-state index in [2.05, 4.69) is 9.88 Å². The summed E-state index contributed by atoms with van der Waals surface area (Å²) in [7, 11) is 3.71. The number of methoxy groups -OCH3 is 1. The Bertz CT molecular complexity index is 513. The molecule has 0 fully saturated rings. The largest absolute Gasteiger partial charge is 0.397 e. The van der Waals surface area contributed by atoms with E-state index >= 15 is 0 Å². The molecule has 0 saturated heterocycles. The number of hydrogen-bond acceptors (Lipinski definition) is 4. The van der Waals surface area contributed by atoms with Crippen LogP contribution in [-0.2, 0) is 4.74 Å². The highest BCUT2D eigenvalue weighted by molar-refractivity contribution is 5.98. The van der Waals surface area contributed by atoms with E-state index < -0.39 is 0 Å². The molecule has 0 bridgehead atoms. The van der Waals surface area contributed by atoms with Gasteiger partial charge in [-0.1, -0.05) is 6.07 Å².